The molecule has 0 saturated carbocycles. The quantitative estimate of drug-likeness (QED) is 0.444. The standard InChI is InChI=1S/C22H20ClN3O3S/c1-17-7-5-6-10-21(17)26(30(28,29)20-8-3-2-4-9-20)16-22(27)25-24-15-18-11-13-19(23)14-12-18/h2-15H,16H2,1H3,(H,25,27). The van der Waals surface area contributed by atoms with Crippen molar-refractivity contribution < 1.29 is 13.2 Å². The van der Waals surface area contributed by atoms with Crippen molar-refractivity contribution in [2.24, 2.45) is 5.10 Å². The first kappa shape index (κ1) is 21.5. The van der Waals surface area contributed by atoms with Gasteiger partial charge in [-0.05, 0) is 48.4 Å². The summed E-state index contributed by atoms with van der Waals surface area (Å²) in [6.07, 6.45) is 1.46. The fourth-order valence-electron chi connectivity index (χ4n) is 2.76. The maximum atomic E-state index is 13.2. The Morgan fingerprint density at radius 1 is 1.00 bits per heavy atom. The number of benzene rings is 3. The van der Waals surface area contributed by atoms with E-state index in [9.17, 15) is 13.2 Å². The third kappa shape index (κ3) is 5.25. The lowest BCUT2D eigenvalue weighted by molar-refractivity contribution is -0.119. The predicted molar refractivity (Wildman–Crippen MR) is 119 cm³/mol. The fraction of sp³-hybridized carbons (Fsp3) is 0.0909. The van der Waals surface area contributed by atoms with Crippen molar-refractivity contribution in [1.82, 2.24) is 5.43 Å². The van der Waals surface area contributed by atoms with Gasteiger partial charge in [0.2, 0.25) is 0 Å². The van der Waals surface area contributed by atoms with Gasteiger partial charge in [0.25, 0.3) is 15.9 Å². The first-order valence-electron chi connectivity index (χ1n) is 9.09. The molecule has 0 aliphatic heterocycles. The highest BCUT2D eigenvalue weighted by atomic mass is 35.5. The van der Waals surface area contributed by atoms with E-state index in [1.807, 2.05) is 6.07 Å². The molecule has 0 saturated heterocycles. The van der Waals surface area contributed by atoms with E-state index in [-0.39, 0.29) is 4.90 Å². The van der Waals surface area contributed by atoms with E-state index in [2.05, 4.69) is 10.5 Å². The minimum absolute atomic E-state index is 0.103. The maximum absolute atomic E-state index is 13.2. The summed E-state index contributed by atoms with van der Waals surface area (Å²) in [4.78, 5) is 12.6. The number of aryl methyl sites for hydroxylation is 1. The van der Waals surface area contributed by atoms with E-state index in [4.69, 9.17) is 11.6 Å². The molecule has 3 aromatic rings. The summed E-state index contributed by atoms with van der Waals surface area (Å²) in [6, 6.07) is 21.9. The molecule has 0 atom stereocenters. The zero-order chi connectivity index (χ0) is 21.6. The molecular formula is C22H20ClN3O3S. The third-order valence-corrected chi connectivity index (χ3v) is 6.30. The number of nitrogens with one attached hydrogen (secondary N) is 1. The molecular weight excluding hydrogens is 422 g/mol. The van der Waals surface area contributed by atoms with Crippen molar-refractivity contribution in [3.8, 4) is 0 Å². The molecule has 3 aromatic carbocycles. The Morgan fingerprint density at radius 3 is 2.30 bits per heavy atom. The summed E-state index contributed by atoms with van der Waals surface area (Å²) in [5.41, 5.74) is 4.28. The van der Waals surface area contributed by atoms with Crippen LogP contribution in [0.5, 0.6) is 0 Å². The van der Waals surface area contributed by atoms with Crippen LogP contribution in [0.4, 0.5) is 5.69 Å². The van der Waals surface area contributed by atoms with Crippen molar-refractivity contribution in [2.45, 2.75) is 11.8 Å². The number of hydrogen-bond donors (Lipinski definition) is 1. The number of hydrogen-bond acceptors (Lipinski definition) is 4. The topological polar surface area (TPSA) is 78.8 Å². The Kier molecular flexibility index (Phi) is 6.87. The lowest BCUT2D eigenvalue weighted by Crippen LogP contribution is -2.40. The molecule has 1 amide bonds. The van der Waals surface area contributed by atoms with Crippen LogP contribution >= 0.6 is 11.6 Å². The molecule has 0 fully saturated rings. The van der Waals surface area contributed by atoms with Crippen LogP contribution in [0, 0.1) is 6.92 Å². The van der Waals surface area contributed by atoms with Gasteiger partial charge in [-0.15, -0.1) is 0 Å². The van der Waals surface area contributed by atoms with E-state index < -0.39 is 22.5 Å². The third-order valence-electron chi connectivity index (χ3n) is 4.28. The number of amides is 1. The lowest BCUT2D eigenvalue weighted by Gasteiger charge is -2.25. The monoisotopic (exact) mass is 441 g/mol. The van der Waals surface area contributed by atoms with Gasteiger partial charge in [-0.1, -0.05) is 60.1 Å². The molecule has 0 aliphatic carbocycles. The first-order valence-corrected chi connectivity index (χ1v) is 10.9. The number of carbonyl (C=O) groups is 1. The second-order valence-electron chi connectivity index (χ2n) is 6.46. The van der Waals surface area contributed by atoms with Crippen LogP contribution < -0.4 is 9.73 Å². The lowest BCUT2D eigenvalue weighted by atomic mass is 10.2. The SMILES string of the molecule is Cc1ccccc1N(CC(=O)NN=Cc1ccc(Cl)cc1)S(=O)(=O)c1ccccc1. The molecule has 0 unspecified atom stereocenters. The van der Waals surface area contributed by atoms with Crippen LogP contribution in [-0.4, -0.2) is 27.1 Å². The van der Waals surface area contributed by atoms with Gasteiger partial charge >= 0.3 is 0 Å². The van der Waals surface area contributed by atoms with Gasteiger partial charge in [0.05, 0.1) is 16.8 Å². The summed E-state index contributed by atoms with van der Waals surface area (Å²) < 4.78 is 27.6. The second-order valence-corrected chi connectivity index (χ2v) is 8.75. The Bertz CT molecular complexity index is 1150. The summed E-state index contributed by atoms with van der Waals surface area (Å²) in [7, 11) is -3.95. The van der Waals surface area contributed by atoms with Gasteiger partial charge in [0.1, 0.15) is 6.54 Å². The zero-order valence-corrected chi connectivity index (χ0v) is 17.8. The number of anilines is 1. The molecule has 1 N–H and O–H groups in total. The van der Waals surface area contributed by atoms with Gasteiger partial charge in [0, 0.05) is 5.02 Å². The average molecular weight is 442 g/mol. The second kappa shape index (κ2) is 9.56. The highest BCUT2D eigenvalue weighted by molar-refractivity contribution is 7.92. The zero-order valence-electron chi connectivity index (χ0n) is 16.2. The molecule has 0 heterocycles. The number of rotatable bonds is 7. The Morgan fingerprint density at radius 2 is 1.63 bits per heavy atom. The molecule has 154 valence electrons. The molecule has 0 spiro atoms. The summed E-state index contributed by atoms with van der Waals surface area (Å²) in [6.45, 7) is 1.37. The number of halogens is 1. The van der Waals surface area contributed by atoms with Gasteiger partial charge < -0.3 is 0 Å². The minimum atomic E-state index is -3.95. The Balaban J connectivity index is 1.83. The predicted octanol–water partition coefficient (Wildman–Crippen LogP) is 3.99. The van der Waals surface area contributed by atoms with Crippen molar-refractivity contribution in [1.29, 1.82) is 0 Å². The van der Waals surface area contributed by atoms with E-state index in [0.29, 0.717) is 10.7 Å². The van der Waals surface area contributed by atoms with E-state index in [0.717, 1.165) is 15.4 Å². The van der Waals surface area contributed by atoms with Crippen LogP contribution in [0.3, 0.4) is 0 Å². The molecule has 30 heavy (non-hydrogen) atoms. The van der Waals surface area contributed by atoms with Gasteiger partial charge in [-0.25, -0.2) is 13.8 Å². The molecule has 0 aliphatic rings. The van der Waals surface area contributed by atoms with E-state index in [1.54, 1.807) is 67.6 Å². The number of carbonyl (C=O) groups excluding carboxylic acids is 1. The number of sulfonamides is 1. The number of hydrazone groups is 1. The smallest absolute Gasteiger partial charge is 0.264 e. The van der Waals surface area contributed by atoms with Crippen LogP contribution in [0.15, 0.2) is 88.9 Å². The molecule has 3 rings (SSSR count). The summed E-state index contributed by atoms with van der Waals surface area (Å²) in [5.74, 6) is -0.567. The number of para-hydroxylation sites is 1. The minimum Gasteiger partial charge on any atom is -0.271 e. The van der Waals surface area contributed by atoms with Crippen LogP contribution in [0.25, 0.3) is 0 Å². The summed E-state index contributed by atoms with van der Waals surface area (Å²) >= 11 is 5.84. The fourth-order valence-corrected chi connectivity index (χ4v) is 4.39. The van der Waals surface area contributed by atoms with Crippen molar-refractivity contribution in [3.05, 3.63) is 95.0 Å². The molecule has 0 aromatic heterocycles. The highest BCUT2D eigenvalue weighted by Gasteiger charge is 2.27. The van der Waals surface area contributed by atoms with Gasteiger partial charge in [0.15, 0.2) is 0 Å². The average Bonchev–Trinajstić information content (AvgIpc) is 2.75. The largest absolute Gasteiger partial charge is 0.271 e. The van der Waals surface area contributed by atoms with Gasteiger partial charge in [-0.2, -0.15) is 5.10 Å². The molecule has 0 bridgehead atoms. The van der Waals surface area contributed by atoms with Crippen LogP contribution in [0.2, 0.25) is 5.02 Å². The molecule has 8 heteroatoms. The van der Waals surface area contributed by atoms with Crippen molar-refractivity contribution >= 4 is 39.4 Å². The molecule has 6 nitrogen and oxygen atoms in total. The van der Waals surface area contributed by atoms with Crippen LogP contribution in [-0.2, 0) is 14.8 Å². The highest BCUT2D eigenvalue weighted by Crippen LogP contribution is 2.26. The normalized spacial score (nSPS) is 11.4. The van der Waals surface area contributed by atoms with E-state index in [1.165, 1.54) is 18.3 Å². The van der Waals surface area contributed by atoms with Gasteiger partial charge in [-0.3, -0.25) is 9.10 Å². The van der Waals surface area contributed by atoms with E-state index >= 15 is 0 Å². The van der Waals surface area contributed by atoms with Crippen LogP contribution in [0.1, 0.15) is 11.1 Å². The van der Waals surface area contributed by atoms with Crippen molar-refractivity contribution in [3.63, 3.8) is 0 Å². The number of nitrogens with zero attached hydrogens (tertiary/aromatic N) is 2. The molecule has 0 radical (unpaired) electrons. The maximum Gasteiger partial charge on any atom is 0.264 e. The van der Waals surface area contributed by atoms with Crippen molar-refractivity contribution in [2.75, 3.05) is 10.8 Å². The summed E-state index contributed by atoms with van der Waals surface area (Å²) in [5, 5.41) is 4.50. The first-order chi connectivity index (χ1) is 14.4. The Labute approximate surface area is 180 Å². The Hall–Kier alpha value is -3.16.